The molecule has 1 aromatic heterocycles. The molecular weight excluding hydrogens is 409 g/mol. The van der Waals surface area contributed by atoms with Gasteiger partial charge in [-0.15, -0.1) is 10.2 Å². The minimum Gasteiger partial charge on any atom is -0.370 e. The normalized spacial score (nSPS) is 13.5. The lowest BCUT2D eigenvalue weighted by Gasteiger charge is -2.21. The molecule has 1 amide bonds. The second kappa shape index (κ2) is 9.23. The highest BCUT2D eigenvalue weighted by molar-refractivity contribution is 8.01. The Bertz CT molecular complexity index is 990. The molecule has 29 heavy (non-hydrogen) atoms. The molecule has 0 saturated carbocycles. The lowest BCUT2D eigenvalue weighted by molar-refractivity contribution is -0.113. The van der Waals surface area contributed by atoms with Crippen LogP contribution in [0.5, 0.6) is 0 Å². The SMILES string of the molecule is O=C(CSc1nnc(Nc2cccc(F)c2)s1)Nc1ccccc1N1CCCC1. The van der Waals surface area contributed by atoms with Crippen molar-refractivity contribution in [1.29, 1.82) is 0 Å². The monoisotopic (exact) mass is 429 g/mol. The molecule has 6 nitrogen and oxygen atoms in total. The number of carbonyl (C=O) groups excluding carboxylic acids is 1. The number of hydrogen-bond acceptors (Lipinski definition) is 7. The van der Waals surface area contributed by atoms with Gasteiger partial charge in [0.2, 0.25) is 11.0 Å². The molecule has 0 atom stereocenters. The first-order valence-electron chi connectivity index (χ1n) is 9.30. The van der Waals surface area contributed by atoms with Crippen molar-refractivity contribution >= 4 is 51.2 Å². The van der Waals surface area contributed by atoms with Crippen molar-refractivity contribution in [2.75, 3.05) is 34.4 Å². The number of para-hydroxylation sites is 2. The maximum Gasteiger partial charge on any atom is 0.234 e. The van der Waals surface area contributed by atoms with Crippen LogP contribution in [-0.4, -0.2) is 34.9 Å². The van der Waals surface area contributed by atoms with Crippen LogP contribution in [0.1, 0.15) is 12.8 Å². The van der Waals surface area contributed by atoms with Gasteiger partial charge in [0, 0.05) is 18.8 Å². The Balaban J connectivity index is 1.32. The zero-order chi connectivity index (χ0) is 20.1. The first-order chi connectivity index (χ1) is 14.2. The van der Waals surface area contributed by atoms with E-state index in [9.17, 15) is 9.18 Å². The highest BCUT2D eigenvalue weighted by Crippen LogP contribution is 2.30. The Hall–Kier alpha value is -2.65. The largest absolute Gasteiger partial charge is 0.370 e. The number of thioether (sulfide) groups is 1. The van der Waals surface area contributed by atoms with E-state index in [-0.39, 0.29) is 17.5 Å². The molecule has 1 saturated heterocycles. The number of anilines is 4. The van der Waals surface area contributed by atoms with E-state index >= 15 is 0 Å². The van der Waals surface area contributed by atoms with Gasteiger partial charge in [0.25, 0.3) is 0 Å². The van der Waals surface area contributed by atoms with Crippen molar-refractivity contribution in [3.63, 3.8) is 0 Å². The summed E-state index contributed by atoms with van der Waals surface area (Å²) in [6, 6.07) is 14.0. The quantitative estimate of drug-likeness (QED) is 0.528. The summed E-state index contributed by atoms with van der Waals surface area (Å²) < 4.78 is 13.9. The van der Waals surface area contributed by atoms with Crippen molar-refractivity contribution in [1.82, 2.24) is 10.2 Å². The first-order valence-corrected chi connectivity index (χ1v) is 11.1. The van der Waals surface area contributed by atoms with Crippen LogP contribution in [0.15, 0.2) is 52.9 Å². The van der Waals surface area contributed by atoms with E-state index in [0.29, 0.717) is 15.2 Å². The van der Waals surface area contributed by atoms with E-state index in [0.717, 1.165) is 24.5 Å². The molecule has 0 radical (unpaired) electrons. The summed E-state index contributed by atoms with van der Waals surface area (Å²) in [4.78, 5) is 14.7. The van der Waals surface area contributed by atoms with Gasteiger partial charge in [-0.1, -0.05) is 41.3 Å². The van der Waals surface area contributed by atoms with Crippen LogP contribution in [0.4, 0.5) is 26.6 Å². The number of benzene rings is 2. The topological polar surface area (TPSA) is 70.1 Å². The average molecular weight is 430 g/mol. The van der Waals surface area contributed by atoms with Gasteiger partial charge in [0.05, 0.1) is 17.1 Å². The molecule has 1 fully saturated rings. The smallest absolute Gasteiger partial charge is 0.234 e. The summed E-state index contributed by atoms with van der Waals surface area (Å²) in [5, 5.41) is 14.7. The van der Waals surface area contributed by atoms with Gasteiger partial charge in [0.1, 0.15) is 5.82 Å². The molecule has 4 rings (SSSR count). The Labute approximate surface area is 176 Å². The van der Waals surface area contributed by atoms with E-state index < -0.39 is 0 Å². The van der Waals surface area contributed by atoms with Gasteiger partial charge in [-0.05, 0) is 43.2 Å². The molecule has 1 aliphatic heterocycles. The lowest BCUT2D eigenvalue weighted by Crippen LogP contribution is -2.21. The van der Waals surface area contributed by atoms with Crippen LogP contribution in [0.2, 0.25) is 0 Å². The van der Waals surface area contributed by atoms with Gasteiger partial charge < -0.3 is 15.5 Å². The third-order valence-electron chi connectivity index (χ3n) is 4.43. The van der Waals surface area contributed by atoms with Gasteiger partial charge in [-0.3, -0.25) is 4.79 Å². The highest BCUT2D eigenvalue weighted by Gasteiger charge is 2.17. The standard InChI is InChI=1S/C20H20FN5OS2/c21-14-6-5-7-15(12-14)22-19-24-25-20(29-19)28-13-18(27)23-16-8-1-2-9-17(16)26-10-3-4-11-26/h1-2,5-9,12H,3-4,10-11,13H2,(H,22,24)(H,23,27). The van der Waals surface area contributed by atoms with Crippen LogP contribution in [-0.2, 0) is 4.79 Å². The maximum absolute atomic E-state index is 13.3. The summed E-state index contributed by atoms with van der Waals surface area (Å²) in [6.07, 6.45) is 2.36. The van der Waals surface area contributed by atoms with Gasteiger partial charge in [-0.25, -0.2) is 4.39 Å². The Morgan fingerprint density at radius 3 is 2.79 bits per heavy atom. The molecular formula is C20H20FN5OS2. The third-order valence-corrected chi connectivity index (χ3v) is 6.41. The first kappa shape index (κ1) is 19.7. The Morgan fingerprint density at radius 1 is 1.14 bits per heavy atom. The van der Waals surface area contributed by atoms with Crippen molar-refractivity contribution in [3.8, 4) is 0 Å². The van der Waals surface area contributed by atoms with Gasteiger partial charge >= 0.3 is 0 Å². The molecule has 2 N–H and O–H groups in total. The number of hydrogen-bond donors (Lipinski definition) is 2. The fourth-order valence-electron chi connectivity index (χ4n) is 3.14. The van der Waals surface area contributed by atoms with Crippen molar-refractivity contribution in [2.24, 2.45) is 0 Å². The summed E-state index contributed by atoms with van der Waals surface area (Å²) in [6.45, 7) is 2.04. The van der Waals surface area contributed by atoms with E-state index in [2.05, 4.69) is 25.7 Å². The zero-order valence-electron chi connectivity index (χ0n) is 15.6. The minimum absolute atomic E-state index is 0.0866. The van der Waals surface area contributed by atoms with Crippen LogP contribution >= 0.6 is 23.1 Å². The fraction of sp³-hybridized carbons (Fsp3) is 0.250. The molecule has 9 heteroatoms. The van der Waals surface area contributed by atoms with Crippen molar-refractivity contribution < 1.29 is 9.18 Å². The molecule has 150 valence electrons. The minimum atomic E-state index is -0.319. The van der Waals surface area contributed by atoms with Gasteiger partial charge in [-0.2, -0.15) is 0 Å². The molecule has 3 aromatic rings. The molecule has 2 heterocycles. The Kier molecular flexibility index (Phi) is 6.26. The predicted molar refractivity (Wildman–Crippen MR) is 117 cm³/mol. The number of amides is 1. The van der Waals surface area contributed by atoms with Crippen LogP contribution in [0.25, 0.3) is 0 Å². The Morgan fingerprint density at radius 2 is 1.97 bits per heavy atom. The molecule has 1 aliphatic rings. The van der Waals surface area contributed by atoms with Gasteiger partial charge in [0.15, 0.2) is 4.34 Å². The number of rotatable bonds is 7. The number of halogens is 1. The van der Waals surface area contributed by atoms with Crippen LogP contribution in [0.3, 0.4) is 0 Å². The van der Waals surface area contributed by atoms with Crippen molar-refractivity contribution in [2.45, 2.75) is 17.2 Å². The molecule has 0 aliphatic carbocycles. The van der Waals surface area contributed by atoms with E-state index in [4.69, 9.17) is 0 Å². The number of nitrogens with zero attached hydrogens (tertiary/aromatic N) is 3. The second-order valence-corrected chi connectivity index (χ2v) is 8.76. The third kappa shape index (κ3) is 5.24. The fourth-order valence-corrected chi connectivity index (χ4v) is 4.71. The van der Waals surface area contributed by atoms with Crippen molar-refractivity contribution in [3.05, 3.63) is 54.3 Å². The van der Waals surface area contributed by atoms with E-state index in [1.807, 2.05) is 24.3 Å². The molecule has 0 spiro atoms. The van der Waals surface area contributed by atoms with Crippen LogP contribution < -0.4 is 15.5 Å². The summed E-state index contributed by atoms with van der Waals surface area (Å²) in [7, 11) is 0. The lowest BCUT2D eigenvalue weighted by atomic mass is 10.2. The van der Waals surface area contributed by atoms with E-state index in [1.54, 1.807) is 12.1 Å². The molecule has 2 aromatic carbocycles. The molecule has 0 unspecified atom stereocenters. The summed E-state index contributed by atoms with van der Waals surface area (Å²) in [5.74, 6) is -0.167. The molecule has 0 bridgehead atoms. The summed E-state index contributed by atoms with van der Waals surface area (Å²) >= 11 is 2.65. The average Bonchev–Trinajstić information content (AvgIpc) is 3.39. The zero-order valence-corrected chi connectivity index (χ0v) is 17.2. The highest BCUT2D eigenvalue weighted by atomic mass is 32.2. The van der Waals surface area contributed by atoms with Crippen LogP contribution in [0, 0.1) is 5.82 Å². The number of nitrogens with one attached hydrogen (secondary N) is 2. The number of carbonyl (C=O) groups is 1. The van der Waals surface area contributed by atoms with E-state index in [1.165, 1.54) is 48.1 Å². The predicted octanol–water partition coefficient (Wildman–Crippen LogP) is 4.75. The maximum atomic E-state index is 13.3. The second-order valence-electron chi connectivity index (χ2n) is 6.56. The number of aromatic nitrogens is 2. The summed E-state index contributed by atoms with van der Waals surface area (Å²) in [5.41, 5.74) is 2.51.